The van der Waals surface area contributed by atoms with Gasteiger partial charge in [0.25, 0.3) is 5.91 Å². The molecule has 1 heterocycles. The van der Waals surface area contributed by atoms with Gasteiger partial charge in [-0.2, -0.15) is 0 Å². The van der Waals surface area contributed by atoms with E-state index in [-0.39, 0.29) is 36.5 Å². The van der Waals surface area contributed by atoms with Crippen LogP contribution in [0, 0.1) is 0 Å². The largest absolute Gasteiger partial charge is 0.492 e. The Hall–Kier alpha value is -3.07. The van der Waals surface area contributed by atoms with E-state index in [0.717, 1.165) is 0 Å². The summed E-state index contributed by atoms with van der Waals surface area (Å²) < 4.78 is 20.9. The van der Waals surface area contributed by atoms with Gasteiger partial charge in [-0.15, -0.1) is 0 Å². The van der Waals surface area contributed by atoms with Crippen LogP contribution in [0.2, 0.25) is 10.0 Å². The molecule has 10 heteroatoms. The lowest BCUT2D eigenvalue weighted by molar-refractivity contribution is -0.134. The van der Waals surface area contributed by atoms with Crippen molar-refractivity contribution in [2.24, 2.45) is 0 Å². The number of fused-ring (bicyclic) bond motifs is 1. The average Bonchev–Trinajstić information content (AvgIpc) is 2.77. The number of methoxy groups -OCH3 is 1. The molecule has 3 aromatic rings. The molecular formula is C23H21Cl2NO7. The van der Waals surface area contributed by atoms with Gasteiger partial charge in [0, 0.05) is 36.6 Å². The van der Waals surface area contributed by atoms with E-state index < -0.39 is 17.5 Å². The van der Waals surface area contributed by atoms with E-state index in [1.54, 1.807) is 30.3 Å². The SMILES string of the molecule is COCCNC(=O)c1cc2ccc(OC(=O)CCCOc3ccc(Cl)cc3Cl)cc2oc1=O. The molecule has 174 valence electrons. The fraction of sp³-hybridized carbons (Fsp3) is 0.261. The molecule has 1 aromatic heterocycles. The zero-order chi connectivity index (χ0) is 23.8. The topological polar surface area (TPSA) is 104 Å². The number of ether oxygens (including phenoxy) is 3. The Kier molecular flexibility index (Phi) is 8.71. The molecule has 33 heavy (non-hydrogen) atoms. The van der Waals surface area contributed by atoms with Gasteiger partial charge < -0.3 is 23.9 Å². The predicted molar refractivity (Wildman–Crippen MR) is 124 cm³/mol. The number of carbonyl (C=O) groups excluding carboxylic acids is 2. The van der Waals surface area contributed by atoms with Gasteiger partial charge in [-0.05, 0) is 42.8 Å². The Bertz CT molecular complexity index is 1210. The number of hydrogen-bond donors (Lipinski definition) is 1. The maximum atomic E-state index is 12.2. The van der Waals surface area contributed by atoms with Crippen molar-refractivity contribution in [3.8, 4) is 11.5 Å². The maximum absolute atomic E-state index is 12.2. The lowest BCUT2D eigenvalue weighted by atomic mass is 10.1. The normalized spacial score (nSPS) is 10.8. The van der Waals surface area contributed by atoms with Crippen molar-refractivity contribution >= 4 is 46.0 Å². The molecule has 2 aromatic carbocycles. The van der Waals surface area contributed by atoms with Crippen molar-refractivity contribution in [1.29, 1.82) is 0 Å². The Balaban J connectivity index is 1.55. The number of hydrogen-bond acceptors (Lipinski definition) is 7. The van der Waals surface area contributed by atoms with Crippen LogP contribution in [0.3, 0.4) is 0 Å². The molecule has 0 atom stereocenters. The molecule has 0 aliphatic heterocycles. The molecule has 0 radical (unpaired) electrons. The highest BCUT2D eigenvalue weighted by Crippen LogP contribution is 2.27. The number of nitrogens with one attached hydrogen (secondary N) is 1. The van der Waals surface area contributed by atoms with E-state index in [9.17, 15) is 14.4 Å². The van der Waals surface area contributed by atoms with Crippen molar-refractivity contribution in [3.63, 3.8) is 0 Å². The molecule has 0 aliphatic rings. The molecule has 0 unspecified atom stereocenters. The van der Waals surface area contributed by atoms with Gasteiger partial charge in [0.1, 0.15) is 22.6 Å². The second-order valence-corrected chi connectivity index (χ2v) is 7.74. The molecule has 0 spiro atoms. The van der Waals surface area contributed by atoms with Crippen molar-refractivity contribution in [1.82, 2.24) is 5.32 Å². The summed E-state index contributed by atoms with van der Waals surface area (Å²) in [6.45, 7) is 0.845. The Morgan fingerprint density at radius 3 is 2.64 bits per heavy atom. The number of carbonyl (C=O) groups is 2. The molecular weight excluding hydrogens is 473 g/mol. The van der Waals surface area contributed by atoms with Gasteiger partial charge in [-0.25, -0.2) is 4.79 Å². The summed E-state index contributed by atoms with van der Waals surface area (Å²) in [6.07, 6.45) is 0.510. The molecule has 0 aliphatic carbocycles. The minimum absolute atomic E-state index is 0.105. The van der Waals surface area contributed by atoms with Gasteiger partial charge in [-0.3, -0.25) is 9.59 Å². The molecule has 0 saturated carbocycles. The molecule has 8 nitrogen and oxygen atoms in total. The average molecular weight is 494 g/mol. The van der Waals surface area contributed by atoms with Crippen molar-refractivity contribution < 1.29 is 28.2 Å². The number of amides is 1. The summed E-state index contributed by atoms with van der Waals surface area (Å²) in [7, 11) is 1.51. The summed E-state index contributed by atoms with van der Waals surface area (Å²) in [5.74, 6) is -0.336. The van der Waals surface area contributed by atoms with Crippen LogP contribution in [0.1, 0.15) is 23.2 Å². The minimum Gasteiger partial charge on any atom is -0.492 e. The van der Waals surface area contributed by atoms with E-state index >= 15 is 0 Å². The maximum Gasteiger partial charge on any atom is 0.349 e. The third-order valence-corrected chi connectivity index (χ3v) is 4.98. The lowest BCUT2D eigenvalue weighted by Crippen LogP contribution is -2.30. The van der Waals surface area contributed by atoms with Crippen LogP contribution in [-0.4, -0.2) is 38.7 Å². The van der Waals surface area contributed by atoms with Gasteiger partial charge in [0.15, 0.2) is 0 Å². The Labute approximate surface area is 199 Å². The van der Waals surface area contributed by atoms with Crippen molar-refractivity contribution in [2.75, 3.05) is 26.9 Å². The fourth-order valence-corrected chi connectivity index (χ4v) is 3.31. The van der Waals surface area contributed by atoms with Crippen molar-refractivity contribution in [3.05, 3.63) is 68.5 Å². The smallest absolute Gasteiger partial charge is 0.349 e. The lowest BCUT2D eigenvalue weighted by Gasteiger charge is -2.09. The number of benzene rings is 2. The van der Waals surface area contributed by atoms with E-state index in [2.05, 4.69) is 5.32 Å². The second-order valence-electron chi connectivity index (χ2n) is 6.90. The summed E-state index contributed by atoms with van der Waals surface area (Å²) in [5, 5.41) is 3.97. The van der Waals surface area contributed by atoms with Gasteiger partial charge in [-0.1, -0.05) is 23.2 Å². The molecule has 3 rings (SSSR count). The van der Waals surface area contributed by atoms with Crippen LogP contribution in [-0.2, 0) is 9.53 Å². The van der Waals surface area contributed by atoms with E-state index in [1.807, 2.05) is 0 Å². The van der Waals surface area contributed by atoms with Gasteiger partial charge in [0.05, 0.1) is 18.2 Å². The van der Waals surface area contributed by atoms with E-state index in [1.165, 1.54) is 19.2 Å². The first kappa shape index (κ1) is 24.6. The van der Waals surface area contributed by atoms with Crippen molar-refractivity contribution in [2.45, 2.75) is 12.8 Å². The monoisotopic (exact) mass is 493 g/mol. The molecule has 1 N–H and O–H groups in total. The first-order valence-corrected chi connectivity index (χ1v) is 10.8. The second kappa shape index (κ2) is 11.7. The van der Waals surface area contributed by atoms with Crippen LogP contribution in [0.5, 0.6) is 11.5 Å². The standard InChI is InChI=1S/C23H21Cl2NO7/c1-30-10-8-26-22(28)17-11-14-4-6-16(13-20(14)33-23(17)29)32-21(27)3-2-9-31-19-7-5-15(24)12-18(19)25/h4-7,11-13H,2-3,8-10H2,1H3,(H,26,28). The van der Waals surface area contributed by atoms with Crippen LogP contribution < -0.4 is 20.4 Å². The fourth-order valence-electron chi connectivity index (χ4n) is 2.85. The summed E-state index contributed by atoms with van der Waals surface area (Å²) in [5.41, 5.74) is -0.720. The highest BCUT2D eigenvalue weighted by molar-refractivity contribution is 6.35. The highest BCUT2D eigenvalue weighted by atomic mass is 35.5. The molecule has 1 amide bonds. The highest BCUT2D eigenvalue weighted by Gasteiger charge is 2.14. The summed E-state index contributed by atoms with van der Waals surface area (Å²) in [6, 6.07) is 10.9. The quantitative estimate of drug-likeness (QED) is 0.195. The Morgan fingerprint density at radius 2 is 1.88 bits per heavy atom. The number of rotatable bonds is 10. The van der Waals surface area contributed by atoms with E-state index in [4.69, 9.17) is 41.8 Å². The third-order valence-electron chi connectivity index (χ3n) is 4.45. The first-order valence-electron chi connectivity index (χ1n) is 10.0. The Morgan fingerprint density at radius 1 is 1.06 bits per heavy atom. The zero-order valence-corrected chi connectivity index (χ0v) is 19.2. The third kappa shape index (κ3) is 6.95. The van der Waals surface area contributed by atoms with Crippen LogP contribution >= 0.6 is 23.2 Å². The summed E-state index contributed by atoms with van der Waals surface area (Å²) in [4.78, 5) is 36.4. The summed E-state index contributed by atoms with van der Waals surface area (Å²) >= 11 is 11.9. The van der Waals surface area contributed by atoms with Crippen LogP contribution in [0.4, 0.5) is 0 Å². The number of halogens is 2. The zero-order valence-electron chi connectivity index (χ0n) is 17.7. The first-order chi connectivity index (χ1) is 15.9. The number of esters is 1. The van der Waals surface area contributed by atoms with E-state index in [0.29, 0.717) is 34.2 Å². The molecule has 0 saturated heterocycles. The van der Waals surface area contributed by atoms with Gasteiger partial charge in [0.2, 0.25) is 0 Å². The molecule has 0 bridgehead atoms. The van der Waals surface area contributed by atoms with Crippen LogP contribution in [0.15, 0.2) is 51.7 Å². The molecule has 0 fully saturated rings. The van der Waals surface area contributed by atoms with Gasteiger partial charge >= 0.3 is 11.6 Å². The predicted octanol–water partition coefficient (Wildman–Crippen LogP) is 4.24. The minimum atomic E-state index is -0.793. The van der Waals surface area contributed by atoms with Crippen LogP contribution in [0.25, 0.3) is 11.0 Å².